The topological polar surface area (TPSA) is 68.0 Å². The molecule has 2 aromatic rings. The van der Waals surface area contributed by atoms with E-state index >= 15 is 0 Å². The van der Waals surface area contributed by atoms with Crippen LogP contribution in [-0.2, 0) is 22.4 Å². The molecule has 1 atom stereocenters. The van der Waals surface area contributed by atoms with Crippen molar-refractivity contribution in [1.82, 2.24) is 10.6 Å². The molecule has 3 rings (SSSR count). The Morgan fingerprint density at radius 1 is 1.11 bits per heavy atom. The van der Waals surface area contributed by atoms with Gasteiger partial charge in [-0.15, -0.1) is 0 Å². The molecule has 0 saturated carbocycles. The zero-order chi connectivity index (χ0) is 18.6. The highest BCUT2D eigenvalue weighted by molar-refractivity contribution is 5.79. The molecule has 2 N–H and O–H groups in total. The van der Waals surface area contributed by atoms with E-state index in [2.05, 4.69) is 22.8 Å². The van der Waals surface area contributed by atoms with Crippen molar-refractivity contribution in [3.63, 3.8) is 0 Å². The van der Waals surface area contributed by atoms with Crippen molar-refractivity contribution >= 4 is 5.96 Å². The lowest BCUT2D eigenvalue weighted by Gasteiger charge is -2.13. The average molecular weight is 371 g/mol. The van der Waals surface area contributed by atoms with Crippen LogP contribution in [0.3, 0.4) is 0 Å². The van der Waals surface area contributed by atoms with Crippen LogP contribution in [0.4, 0.5) is 0 Å². The van der Waals surface area contributed by atoms with Crippen molar-refractivity contribution in [3.8, 4) is 0 Å². The van der Waals surface area contributed by atoms with E-state index in [4.69, 9.17) is 18.9 Å². The monoisotopic (exact) mass is 371 g/mol. The van der Waals surface area contributed by atoms with Crippen molar-refractivity contribution in [1.29, 1.82) is 0 Å². The molecule has 146 valence electrons. The minimum absolute atomic E-state index is 0.266. The molecule has 0 amide bonds. The van der Waals surface area contributed by atoms with Crippen LogP contribution in [0.15, 0.2) is 58.1 Å². The van der Waals surface area contributed by atoms with Gasteiger partial charge < -0.3 is 24.5 Å². The highest BCUT2D eigenvalue weighted by atomic mass is 16.5. The number of ether oxygens (including phenoxy) is 2. The third-order valence-electron chi connectivity index (χ3n) is 4.36. The van der Waals surface area contributed by atoms with Gasteiger partial charge in [-0.3, -0.25) is 0 Å². The molecule has 1 fully saturated rings. The molecule has 1 aromatic heterocycles. The summed E-state index contributed by atoms with van der Waals surface area (Å²) in [6, 6.07) is 14.2. The number of hydrogen-bond donors (Lipinski definition) is 2. The average Bonchev–Trinajstić information content (AvgIpc) is 3.40. The van der Waals surface area contributed by atoms with Gasteiger partial charge in [0.15, 0.2) is 5.96 Å². The number of nitrogens with zero attached hydrogens (tertiary/aromatic N) is 1. The quantitative estimate of drug-likeness (QED) is 0.382. The second-order valence-electron chi connectivity index (χ2n) is 6.54. The summed E-state index contributed by atoms with van der Waals surface area (Å²) in [5.41, 5.74) is 1.19. The molecule has 1 unspecified atom stereocenters. The van der Waals surface area contributed by atoms with Crippen LogP contribution in [0.1, 0.15) is 24.2 Å². The molecule has 2 heterocycles. The molecular weight excluding hydrogens is 342 g/mol. The predicted molar refractivity (Wildman–Crippen MR) is 106 cm³/mol. The lowest BCUT2D eigenvalue weighted by molar-refractivity contribution is 0.0420. The van der Waals surface area contributed by atoms with Gasteiger partial charge in [0, 0.05) is 32.7 Å². The second kappa shape index (κ2) is 11.4. The molecular formula is C21H29N3O3. The summed E-state index contributed by atoms with van der Waals surface area (Å²) in [5.74, 6) is 1.78. The minimum atomic E-state index is 0.266. The molecule has 27 heavy (non-hydrogen) atoms. The first-order chi connectivity index (χ1) is 13.4. The Kier molecular flexibility index (Phi) is 8.22. The lowest BCUT2D eigenvalue weighted by Crippen LogP contribution is -2.39. The van der Waals surface area contributed by atoms with Gasteiger partial charge in [0.1, 0.15) is 5.76 Å². The molecule has 0 radical (unpaired) electrons. The van der Waals surface area contributed by atoms with Crippen molar-refractivity contribution < 1.29 is 13.9 Å². The summed E-state index contributed by atoms with van der Waals surface area (Å²) < 4.78 is 16.5. The van der Waals surface area contributed by atoms with Crippen molar-refractivity contribution in [2.45, 2.75) is 31.9 Å². The Morgan fingerprint density at radius 2 is 2.00 bits per heavy atom. The van der Waals surface area contributed by atoms with E-state index in [1.165, 1.54) is 5.56 Å². The first kappa shape index (κ1) is 19.5. The molecule has 1 aliphatic rings. The molecule has 0 aliphatic carbocycles. The first-order valence-corrected chi connectivity index (χ1v) is 9.68. The molecule has 6 heteroatoms. The Bertz CT molecular complexity index is 653. The minimum Gasteiger partial charge on any atom is -0.469 e. The van der Waals surface area contributed by atoms with E-state index in [0.29, 0.717) is 6.54 Å². The Hall–Kier alpha value is -2.31. The number of benzene rings is 1. The van der Waals surface area contributed by atoms with Crippen LogP contribution in [0.5, 0.6) is 0 Å². The van der Waals surface area contributed by atoms with E-state index in [1.807, 2.05) is 30.3 Å². The number of furan rings is 1. The van der Waals surface area contributed by atoms with Gasteiger partial charge in [0.25, 0.3) is 0 Å². The fraction of sp³-hybridized carbons (Fsp3) is 0.476. The zero-order valence-corrected chi connectivity index (χ0v) is 15.7. The van der Waals surface area contributed by atoms with Gasteiger partial charge in [-0.1, -0.05) is 30.3 Å². The smallest absolute Gasteiger partial charge is 0.191 e. The third-order valence-corrected chi connectivity index (χ3v) is 4.36. The Labute approximate surface area is 161 Å². The Balaban J connectivity index is 1.41. The molecule has 0 spiro atoms. The van der Waals surface area contributed by atoms with Crippen LogP contribution < -0.4 is 10.6 Å². The predicted octanol–water partition coefficient (Wildman–Crippen LogP) is 2.75. The molecule has 1 aliphatic heterocycles. The second-order valence-corrected chi connectivity index (χ2v) is 6.54. The van der Waals surface area contributed by atoms with Crippen molar-refractivity contribution in [2.75, 3.05) is 32.9 Å². The maximum Gasteiger partial charge on any atom is 0.191 e. The van der Waals surface area contributed by atoms with E-state index in [-0.39, 0.29) is 6.10 Å². The van der Waals surface area contributed by atoms with E-state index in [1.54, 1.807) is 6.26 Å². The van der Waals surface area contributed by atoms with Crippen molar-refractivity contribution in [3.05, 3.63) is 60.1 Å². The Morgan fingerprint density at radius 3 is 2.78 bits per heavy atom. The summed E-state index contributed by atoms with van der Waals surface area (Å²) in [5, 5.41) is 6.77. The highest BCUT2D eigenvalue weighted by Crippen LogP contribution is 2.08. The largest absolute Gasteiger partial charge is 0.469 e. The standard InChI is InChI=1S/C21H29N3O3/c1-2-6-18(7-3-1)16-24-21(23-12-9-19-8-4-13-26-19)22-11-5-14-27-20-10-15-25-17-20/h1-4,6-8,13,20H,5,9-12,14-17H2,(H2,22,23,24). The van der Waals surface area contributed by atoms with Gasteiger partial charge in [0.2, 0.25) is 0 Å². The number of hydrogen-bond acceptors (Lipinski definition) is 4. The first-order valence-electron chi connectivity index (χ1n) is 9.68. The van der Waals surface area contributed by atoms with Gasteiger partial charge >= 0.3 is 0 Å². The fourth-order valence-corrected chi connectivity index (χ4v) is 2.86. The SMILES string of the molecule is c1ccc(CN=C(NCCCOC2CCOC2)NCCc2ccco2)cc1. The number of nitrogens with one attached hydrogen (secondary N) is 2. The summed E-state index contributed by atoms with van der Waals surface area (Å²) in [6.07, 6.45) is 4.73. The van der Waals surface area contributed by atoms with E-state index < -0.39 is 0 Å². The summed E-state index contributed by atoms with van der Waals surface area (Å²) in [6.45, 7) is 4.51. The van der Waals surface area contributed by atoms with E-state index in [9.17, 15) is 0 Å². The van der Waals surface area contributed by atoms with Crippen LogP contribution in [-0.4, -0.2) is 45.0 Å². The molecule has 0 bridgehead atoms. The highest BCUT2D eigenvalue weighted by Gasteiger charge is 2.15. The van der Waals surface area contributed by atoms with Gasteiger partial charge in [-0.05, 0) is 30.5 Å². The van der Waals surface area contributed by atoms with Gasteiger partial charge in [-0.25, -0.2) is 4.99 Å². The molecule has 1 saturated heterocycles. The zero-order valence-electron chi connectivity index (χ0n) is 15.7. The number of rotatable bonds is 10. The van der Waals surface area contributed by atoms with Crippen molar-refractivity contribution in [2.24, 2.45) is 4.99 Å². The maximum atomic E-state index is 5.81. The van der Waals surface area contributed by atoms with Gasteiger partial charge in [-0.2, -0.15) is 0 Å². The number of aliphatic imine (C=N–C) groups is 1. The van der Waals surface area contributed by atoms with Crippen LogP contribution in [0.2, 0.25) is 0 Å². The van der Waals surface area contributed by atoms with Gasteiger partial charge in [0.05, 0.1) is 25.5 Å². The van der Waals surface area contributed by atoms with Crippen LogP contribution in [0.25, 0.3) is 0 Å². The van der Waals surface area contributed by atoms with Crippen LogP contribution >= 0.6 is 0 Å². The third kappa shape index (κ3) is 7.45. The van der Waals surface area contributed by atoms with E-state index in [0.717, 1.165) is 63.9 Å². The fourth-order valence-electron chi connectivity index (χ4n) is 2.86. The molecule has 6 nitrogen and oxygen atoms in total. The normalized spacial score (nSPS) is 17.2. The summed E-state index contributed by atoms with van der Waals surface area (Å²) in [7, 11) is 0. The lowest BCUT2D eigenvalue weighted by atomic mass is 10.2. The summed E-state index contributed by atoms with van der Waals surface area (Å²) in [4.78, 5) is 4.69. The maximum absolute atomic E-state index is 5.81. The van der Waals surface area contributed by atoms with Crippen LogP contribution in [0, 0.1) is 0 Å². The summed E-state index contributed by atoms with van der Waals surface area (Å²) >= 11 is 0. The molecule has 1 aromatic carbocycles. The number of guanidine groups is 1.